The van der Waals surface area contributed by atoms with Crippen molar-refractivity contribution in [1.29, 1.82) is 0 Å². The summed E-state index contributed by atoms with van der Waals surface area (Å²) in [7, 11) is -3.38. The Morgan fingerprint density at radius 3 is 2.82 bits per heavy atom. The minimum Gasteiger partial charge on any atom is -0.340 e. The van der Waals surface area contributed by atoms with Crippen LogP contribution in [0.15, 0.2) is 10.9 Å². The molecule has 1 fully saturated rings. The average Bonchev–Trinajstić information content (AvgIpc) is 2.81. The van der Waals surface area contributed by atoms with E-state index in [4.69, 9.17) is 0 Å². The summed E-state index contributed by atoms with van der Waals surface area (Å²) in [4.78, 5) is 20.6. The van der Waals surface area contributed by atoms with E-state index in [0.29, 0.717) is 13.1 Å². The van der Waals surface area contributed by atoms with Crippen molar-refractivity contribution in [3.05, 3.63) is 16.6 Å². The van der Waals surface area contributed by atoms with E-state index >= 15 is 0 Å². The molecule has 124 valence electrons. The Bertz CT molecular complexity index is 588. The molecule has 0 bridgehead atoms. The lowest BCUT2D eigenvalue weighted by Crippen LogP contribution is -2.47. The van der Waals surface area contributed by atoms with E-state index in [2.05, 4.69) is 14.6 Å². The maximum Gasteiger partial charge on any atom is 0.240 e. The molecule has 0 spiro atoms. The highest BCUT2D eigenvalue weighted by molar-refractivity contribution is 7.88. The lowest BCUT2D eigenvalue weighted by Gasteiger charge is -2.24. The minimum absolute atomic E-state index is 0.166. The number of thiazole rings is 1. The third-order valence-electron chi connectivity index (χ3n) is 3.53. The maximum absolute atomic E-state index is 12.3. The SMILES string of the molecule is C[C@H](NS(C)(=O)=O)C(=O)N1CCCN(Cc2cscn2)CC1. The van der Waals surface area contributed by atoms with Crippen molar-refractivity contribution in [3.8, 4) is 0 Å². The fourth-order valence-corrected chi connectivity index (χ4v) is 3.83. The third kappa shape index (κ3) is 5.31. The molecule has 0 aliphatic carbocycles. The fraction of sp³-hybridized carbons (Fsp3) is 0.692. The second-order valence-electron chi connectivity index (χ2n) is 5.55. The molecule has 1 atom stereocenters. The first-order valence-corrected chi connectivity index (χ1v) is 10.0. The second-order valence-corrected chi connectivity index (χ2v) is 8.05. The van der Waals surface area contributed by atoms with Crippen LogP contribution < -0.4 is 4.72 Å². The number of nitrogens with zero attached hydrogens (tertiary/aromatic N) is 3. The van der Waals surface area contributed by atoms with Crippen molar-refractivity contribution < 1.29 is 13.2 Å². The zero-order valence-electron chi connectivity index (χ0n) is 12.9. The number of rotatable bonds is 5. The van der Waals surface area contributed by atoms with E-state index in [1.54, 1.807) is 23.2 Å². The lowest BCUT2D eigenvalue weighted by molar-refractivity contribution is -0.132. The summed E-state index contributed by atoms with van der Waals surface area (Å²) in [5, 5.41) is 2.03. The molecular weight excluding hydrogens is 324 g/mol. The van der Waals surface area contributed by atoms with Gasteiger partial charge in [-0.25, -0.2) is 18.1 Å². The van der Waals surface area contributed by atoms with Crippen LogP contribution in [0.3, 0.4) is 0 Å². The van der Waals surface area contributed by atoms with Crippen LogP contribution in [-0.4, -0.2) is 67.6 Å². The highest BCUT2D eigenvalue weighted by atomic mass is 32.2. The summed E-state index contributed by atoms with van der Waals surface area (Å²) in [5.74, 6) is -0.166. The van der Waals surface area contributed by atoms with Crippen molar-refractivity contribution in [3.63, 3.8) is 0 Å². The Labute approximate surface area is 135 Å². The zero-order valence-corrected chi connectivity index (χ0v) is 14.5. The molecule has 0 unspecified atom stereocenters. The Morgan fingerprint density at radius 2 is 2.18 bits per heavy atom. The van der Waals surface area contributed by atoms with E-state index in [1.165, 1.54) is 0 Å². The van der Waals surface area contributed by atoms with Crippen molar-refractivity contribution in [2.24, 2.45) is 0 Å². The van der Waals surface area contributed by atoms with Gasteiger partial charge in [0.05, 0.1) is 23.5 Å². The standard InChI is InChI=1S/C13H22N4O3S2/c1-11(15-22(2,19)20)13(18)17-5-3-4-16(6-7-17)8-12-9-21-10-14-12/h9-11,15H,3-8H2,1-2H3/t11-/m0/s1. The van der Waals surface area contributed by atoms with Gasteiger partial charge in [-0.15, -0.1) is 11.3 Å². The Kier molecular flexibility index (Phi) is 5.90. The molecule has 1 aliphatic heterocycles. The van der Waals surface area contributed by atoms with Crippen LogP contribution in [-0.2, 0) is 21.4 Å². The van der Waals surface area contributed by atoms with Gasteiger partial charge >= 0.3 is 0 Å². The molecular formula is C13H22N4O3S2. The number of hydrogen-bond acceptors (Lipinski definition) is 6. The number of sulfonamides is 1. The molecule has 1 aromatic rings. The van der Waals surface area contributed by atoms with Gasteiger partial charge in [-0.05, 0) is 13.3 Å². The molecule has 9 heteroatoms. The van der Waals surface area contributed by atoms with Crippen molar-refractivity contribution in [1.82, 2.24) is 19.5 Å². The summed E-state index contributed by atoms with van der Waals surface area (Å²) >= 11 is 1.58. The van der Waals surface area contributed by atoms with E-state index in [-0.39, 0.29) is 5.91 Å². The van der Waals surface area contributed by atoms with Gasteiger partial charge in [-0.2, -0.15) is 0 Å². The number of nitrogens with one attached hydrogen (secondary N) is 1. The first-order valence-electron chi connectivity index (χ1n) is 7.20. The van der Waals surface area contributed by atoms with Gasteiger partial charge in [0.2, 0.25) is 15.9 Å². The van der Waals surface area contributed by atoms with Gasteiger partial charge < -0.3 is 4.90 Å². The quantitative estimate of drug-likeness (QED) is 0.819. The summed E-state index contributed by atoms with van der Waals surface area (Å²) < 4.78 is 24.8. The van der Waals surface area contributed by atoms with Gasteiger partial charge in [0.15, 0.2) is 0 Å². The van der Waals surface area contributed by atoms with Gasteiger partial charge in [0.1, 0.15) is 0 Å². The molecule has 0 saturated carbocycles. The largest absolute Gasteiger partial charge is 0.340 e. The number of carbonyl (C=O) groups excluding carboxylic acids is 1. The minimum atomic E-state index is -3.38. The topological polar surface area (TPSA) is 82.6 Å². The Morgan fingerprint density at radius 1 is 1.41 bits per heavy atom. The van der Waals surface area contributed by atoms with Crippen molar-refractivity contribution in [2.75, 3.05) is 32.4 Å². The lowest BCUT2D eigenvalue weighted by atomic mass is 10.3. The molecule has 7 nitrogen and oxygen atoms in total. The van der Waals surface area contributed by atoms with Crippen LogP contribution >= 0.6 is 11.3 Å². The van der Waals surface area contributed by atoms with Crippen LogP contribution in [0.2, 0.25) is 0 Å². The predicted molar refractivity (Wildman–Crippen MR) is 86.0 cm³/mol. The number of amides is 1. The average molecular weight is 346 g/mol. The van der Waals surface area contributed by atoms with Gasteiger partial charge in [0, 0.05) is 38.1 Å². The Balaban J connectivity index is 1.88. The van der Waals surface area contributed by atoms with E-state index < -0.39 is 16.1 Å². The van der Waals surface area contributed by atoms with Crippen molar-refractivity contribution >= 4 is 27.3 Å². The van der Waals surface area contributed by atoms with Crippen LogP contribution in [0, 0.1) is 0 Å². The first kappa shape index (κ1) is 17.3. The summed E-state index contributed by atoms with van der Waals surface area (Å²) in [6.07, 6.45) is 1.94. The molecule has 0 radical (unpaired) electrons. The van der Waals surface area contributed by atoms with Crippen LogP contribution in [0.1, 0.15) is 19.0 Å². The smallest absolute Gasteiger partial charge is 0.240 e. The number of aromatic nitrogens is 1. The van der Waals surface area contributed by atoms with E-state index in [9.17, 15) is 13.2 Å². The van der Waals surface area contributed by atoms with Crippen LogP contribution in [0.25, 0.3) is 0 Å². The number of carbonyl (C=O) groups is 1. The second kappa shape index (κ2) is 7.49. The maximum atomic E-state index is 12.3. The normalized spacial score (nSPS) is 18.9. The predicted octanol–water partition coefficient (Wildman–Crippen LogP) is 0.115. The molecule has 1 aromatic heterocycles. The molecule has 0 aromatic carbocycles. The molecule has 1 amide bonds. The molecule has 2 rings (SSSR count). The Hall–Kier alpha value is -1.03. The van der Waals surface area contributed by atoms with E-state index in [0.717, 1.165) is 38.0 Å². The fourth-order valence-electron chi connectivity index (χ4n) is 2.54. The van der Waals surface area contributed by atoms with E-state index in [1.807, 2.05) is 10.9 Å². The monoisotopic (exact) mass is 346 g/mol. The first-order chi connectivity index (χ1) is 10.3. The summed E-state index contributed by atoms with van der Waals surface area (Å²) in [6.45, 7) is 5.33. The molecule has 2 heterocycles. The third-order valence-corrected chi connectivity index (χ3v) is 4.95. The summed E-state index contributed by atoms with van der Waals surface area (Å²) in [6, 6.07) is -0.722. The van der Waals surface area contributed by atoms with Crippen molar-refractivity contribution in [2.45, 2.75) is 25.9 Å². The highest BCUT2D eigenvalue weighted by Crippen LogP contribution is 2.10. The molecule has 1 saturated heterocycles. The highest BCUT2D eigenvalue weighted by Gasteiger charge is 2.25. The van der Waals surface area contributed by atoms with Crippen LogP contribution in [0.5, 0.6) is 0 Å². The zero-order chi connectivity index (χ0) is 16.2. The van der Waals surface area contributed by atoms with Crippen LogP contribution in [0.4, 0.5) is 0 Å². The van der Waals surface area contributed by atoms with Gasteiger partial charge in [0.25, 0.3) is 0 Å². The molecule has 22 heavy (non-hydrogen) atoms. The summed E-state index contributed by atoms with van der Waals surface area (Å²) in [5.41, 5.74) is 2.87. The van der Waals surface area contributed by atoms with Gasteiger partial charge in [-0.1, -0.05) is 0 Å². The van der Waals surface area contributed by atoms with Gasteiger partial charge in [-0.3, -0.25) is 9.69 Å². The molecule has 1 N–H and O–H groups in total. The number of hydrogen-bond donors (Lipinski definition) is 1. The molecule has 1 aliphatic rings.